The molecule has 1 aromatic carbocycles. The quantitative estimate of drug-likeness (QED) is 0.766. The van der Waals surface area contributed by atoms with Gasteiger partial charge >= 0.3 is 0 Å². The van der Waals surface area contributed by atoms with Gasteiger partial charge in [-0.2, -0.15) is 0 Å². The predicted octanol–water partition coefficient (Wildman–Crippen LogP) is 3.28. The molecule has 0 aliphatic rings. The van der Waals surface area contributed by atoms with Gasteiger partial charge in [-0.3, -0.25) is 0 Å². The van der Waals surface area contributed by atoms with E-state index in [1.54, 1.807) is 6.07 Å². The van der Waals surface area contributed by atoms with E-state index in [-0.39, 0.29) is 0 Å². The fourth-order valence-corrected chi connectivity index (χ4v) is 1.69. The molecule has 2 rings (SSSR count). The van der Waals surface area contributed by atoms with Crippen LogP contribution in [-0.4, -0.2) is 4.98 Å². The van der Waals surface area contributed by atoms with Crippen LogP contribution in [0.2, 0.25) is 10.0 Å². The van der Waals surface area contributed by atoms with Crippen LogP contribution in [0.1, 0.15) is 12.8 Å². The molecule has 0 saturated heterocycles. The van der Waals surface area contributed by atoms with Gasteiger partial charge in [0.15, 0.2) is 11.5 Å². The minimum Gasteiger partial charge on any atom is -0.441 e. The maximum absolute atomic E-state index is 5.97. The smallest absolute Gasteiger partial charge is 0.195 e. The number of fused-ring (bicyclic) bond motifs is 1. The number of nitrogens with zero attached hydrogens (tertiary/aromatic N) is 1. The van der Waals surface area contributed by atoms with Gasteiger partial charge in [-0.1, -0.05) is 30.1 Å². The van der Waals surface area contributed by atoms with Crippen molar-refractivity contribution in [1.29, 1.82) is 0 Å². The normalized spacial score (nSPS) is 11.1. The van der Waals surface area contributed by atoms with E-state index in [0.717, 1.165) is 0 Å². The topological polar surface area (TPSA) is 52.0 Å². The standard InChI is InChI=1S/C9H8Cl2N2O/c1-2-6-13-9-5(14-6)3-4(10)8(12)7(9)11/h3H,2,12H2,1H3. The second-order valence-corrected chi connectivity index (χ2v) is 3.68. The molecule has 74 valence electrons. The maximum Gasteiger partial charge on any atom is 0.195 e. The SMILES string of the molecule is CCc1nc2c(Cl)c(N)c(Cl)cc2o1. The molecule has 0 unspecified atom stereocenters. The van der Waals surface area contributed by atoms with Gasteiger partial charge in [0.1, 0.15) is 5.52 Å². The third-order valence-electron chi connectivity index (χ3n) is 1.96. The van der Waals surface area contributed by atoms with Crippen molar-refractivity contribution < 1.29 is 4.42 Å². The molecule has 14 heavy (non-hydrogen) atoms. The zero-order valence-corrected chi connectivity index (χ0v) is 8.99. The summed E-state index contributed by atoms with van der Waals surface area (Å²) in [5.74, 6) is 0.628. The number of rotatable bonds is 1. The minimum atomic E-state index is 0.344. The van der Waals surface area contributed by atoms with Gasteiger partial charge in [-0.15, -0.1) is 0 Å². The highest BCUT2D eigenvalue weighted by Gasteiger charge is 2.13. The molecule has 0 fully saturated rings. The highest BCUT2D eigenvalue weighted by atomic mass is 35.5. The van der Waals surface area contributed by atoms with Gasteiger partial charge in [0.25, 0.3) is 0 Å². The van der Waals surface area contributed by atoms with Crippen LogP contribution in [0.25, 0.3) is 11.1 Å². The fourth-order valence-electron chi connectivity index (χ4n) is 1.21. The zero-order valence-electron chi connectivity index (χ0n) is 7.47. The van der Waals surface area contributed by atoms with Crippen LogP contribution in [-0.2, 0) is 6.42 Å². The second kappa shape index (κ2) is 3.33. The molecule has 0 aliphatic carbocycles. The molecular weight excluding hydrogens is 223 g/mol. The monoisotopic (exact) mass is 230 g/mol. The summed E-state index contributed by atoms with van der Waals surface area (Å²) < 4.78 is 5.40. The molecule has 0 saturated carbocycles. The van der Waals surface area contributed by atoms with E-state index in [4.69, 9.17) is 33.4 Å². The van der Waals surface area contributed by atoms with Gasteiger partial charge in [-0.25, -0.2) is 4.98 Å². The third-order valence-corrected chi connectivity index (χ3v) is 2.65. The Kier molecular flexibility index (Phi) is 2.29. The Balaban J connectivity index is 2.81. The lowest BCUT2D eigenvalue weighted by molar-refractivity contribution is 0.538. The number of nitrogen functional groups attached to an aromatic ring is 1. The number of anilines is 1. The van der Waals surface area contributed by atoms with Crippen molar-refractivity contribution in [3.63, 3.8) is 0 Å². The van der Waals surface area contributed by atoms with E-state index in [1.165, 1.54) is 0 Å². The number of aromatic nitrogens is 1. The molecule has 0 amide bonds. The number of nitrogens with two attached hydrogens (primary N) is 1. The Bertz CT molecular complexity index is 493. The van der Waals surface area contributed by atoms with E-state index in [2.05, 4.69) is 4.98 Å². The summed E-state index contributed by atoms with van der Waals surface area (Å²) in [5.41, 5.74) is 7.15. The Morgan fingerprint density at radius 3 is 2.86 bits per heavy atom. The molecule has 0 bridgehead atoms. The van der Waals surface area contributed by atoms with Crippen LogP contribution in [0.3, 0.4) is 0 Å². The van der Waals surface area contributed by atoms with Crippen molar-refractivity contribution in [2.45, 2.75) is 13.3 Å². The largest absolute Gasteiger partial charge is 0.441 e. The van der Waals surface area contributed by atoms with Crippen LogP contribution < -0.4 is 5.73 Å². The number of hydrogen-bond donors (Lipinski definition) is 1. The first-order valence-corrected chi connectivity index (χ1v) is 4.92. The minimum absolute atomic E-state index is 0.344. The zero-order chi connectivity index (χ0) is 10.3. The summed E-state index contributed by atoms with van der Waals surface area (Å²) in [7, 11) is 0. The van der Waals surface area contributed by atoms with Crippen molar-refractivity contribution in [2.24, 2.45) is 0 Å². The molecule has 2 aromatic rings. The van der Waals surface area contributed by atoms with Gasteiger partial charge in [-0.05, 0) is 0 Å². The molecule has 3 nitrogen and oxygen atoms in total. The number of halogens is 2. The number of oxazole rings is 1. The van der Waals surface area contributed by atoms with E-state index in [1.807, 2.05) is 6.92 Å². The maximum atomic E-state index is 5.97. The summed E-state index contributed by atoms with van der Waals surface area (Å²) in [4.78, 5) is 4.20. The van der Waals surface area contributed by atoms with Crippen LogP contribution in [0.5, 0.6) is 0 Å². The van der Waals surface area contributed by atoms with E-state index >= 15 is 0 Å². The molecule has 0 spiro atoms. The Morgan fingerprint density at radius 2 is 2.21 bits per heavy atom. The second-order valence-electron chi connectivity index (χ2n) is 2.89. The first-order valence-electron chi connectivity index (χ1n) is 4.16. The van der Waals surface area contributed by atoms with Gasteiger partial charge < -0.3 is 10.2 Å². The van der Waals surface area contributed by atoms with E-state index in [9.17, 15) is 0 Å². The van der Waals surface area contributed by atoms with Crippen molar-refractivity contribution in [1.82, 2.24) is 4.98 Å². The Morgan fingerprint density at radius 1 is 1.50 bits per heavy atom. The molecular formula is C9H8Cl2N2O. The summed E-state index contributed by atoms with van der Waals surface area (Å²) >= 11 is 11.8. The van der Waals surface area contributed by atoms with Crippen molar-refractivity contribution in [3.05, 3.63) is 22.0 Å². The fraction of sp³-hybridized carbons (Fsp3) is 0.222. The van der Waals surface area contributed by atoms with Crippen LogP contribution in [0, 0.1) is 0 Å². The van der Waals surface area contributed by atoms with Crippen molar-refractivity contribution in [2.75, 3.05) is 5.73 Å². The average molecular weight is 231 g/mol. The van der Waals surface area contributed by atoms with Crippen LogP contribution in [0.15, 0.2) is 10.5 Å². The Hall–Kier alpha value is -0.930. The third kappa shape index (κ3) is 1.33. The molecule has 1 heterocycles. The molecule has 0 atom stereocenters. The van der Waals surface area contributed by atoms with E-state index in [0.29, 0.717) is 39.1 Å². The predicted molar refractivity (Wildman–Crippen MR) is 57.8 cm³/mol. The summed E-state index contributed by atoms with van der Waals surface area (Å²) in [5, 5.41) is 0.747. The van der Waals surface area contributed by atoms with Gasteiger partial charge in [0.05, 0.1) is 15.7 Å². The lowest BCUT2D eigenvalue weighted by atomic mass is 10.3. The first-order chi connectivity index (χ1) is 6.63. The summed E-state index contributed by atoms with van der Waals surface area (Å²) in [6, 6.07) is 1.63. The Labute approximate surface area is 90.8 Å². The number of hydrogen-bond acceptors (Lipinski definition) is 3. The van der Waals surface area contributed by atoms with Crippen LogP contribution in [0.4, 0.5) is 5.69 Å². The van der Waals surface area contributed by atoms with Crippen molar-refractivity contribution >= 4 is 40.0 Å². The van der Waals surface area contributed by atoms with Gasteiger partial charge in [0, 0.05) is 12.5 Å². The molecule has 0 aliphatic heterocycles. The molecule has 5 heteroatoms. The van der Waals surface area contributed by atoms with Crippen molar-refractivity contribution in [3.8, 4) is 0 Å². The average Bonchev–Trinajstić information content (AvgIpc) is 2.57. The van der Waals surface area contributed by atoms with E-state index < -0.39 is 0 Å². The molecule has 2 N–H and O–H groups in total. The first kappa shape index (κ1) is 9.62. The van der Waals surface area contributed by atoms with Gasteiger partial charge in [0.2, 0.25) is 0 Å². The lowest BCUT2D eigenvalue weighted by Crippen LogP contribution is -1.88. The molecule has 0 radical (unpaired) electrons. The highest BCUT2D eigenvalue weighted by Crippen LogP contribution is 2.35. The number of aryl methyl sites for hydroxylation is 1. The summed E-state index contributed by atoms with van der Waals surface area (Å²) in [6.45, 7) is 1.95. The summed E-state index contributed by atoms with van der Waals surface area (Å²) in [6.07, 6.45) is 0.711. The van der Waals surface area contributed by atoms with Crippen LogP contribution >= 0.6 is 23.2 Å². The highest BCUT2D eigenvalue weighted by molar-refractivity contribution is 6.42. The molecule has 1 aromatic heterocycles. The lowest BCUT2D eigenvalue weighted by Gasteiger charge is -1.99. The number of benzene rings is 1.